The summed E-state index contributed by atoms with van der Waals surface area (Å²) in [5, 5.41) is 3.78. The van der Waals surface area contributed by atoms with Gasteiger partial charge in [0.25, 0.3) is 0 Å². The fourth-order valence-corrected chi connectivity index (χ4v) is 7.59. The van der Waals surface area contributed by atoms with Crippen LogP contribution >= 0.6 is 0 Å². The molecule has 4 heteroatoms. The summed E-state index contributed by atoms with van der Waals surface area (Å²) in [6.07, 6.45) is 13.1. The first-order chi connectivity index (χ1) is 14.9. The number of rotatable bonds is 4. The van der Waals surface area contributed by atoms with E-state index < -0.39 is 0 Å². The van der Waals surface area contributed by atoms with E-state index in [1.165, 1.54) is 63.6 Å². The quantitative estimate of drug-likeness (QED) is 0.708. The second kappa shape index (κ2) is 8.72. The molecule has 6 unspecified atom stereocenters. The number of carbonyl (C=O) groups excluding carboxylic acids is 1. The zero-order chi connectivity index (χ0) is 21.6. The Labute approximate surface area is 190 Å². The lowest BCUT2D eigenvalue weighted by Crippen LogP contribution is -2.51. The van der Waals surface area contributed by atoms with Gasteiger partial charge in [-0.05, 0) is 94.4 Å². The first kappa shape index (κ1) is 21.8. The van der Waals surface area contributed by atoms with E-state index in [1.54, 1.807) is 0 Å². The number of piperazine rings is 1. The Balaban J connectivity index is 1.10. The van der Waals surface area contributed by atoms with Gasteiger partial charge < -0.3 is 15.1 Å². The molecule has 0 aromatic rings. The molecule has 0 bridgehead atoms. The highest BCUT2D eigenvalue weighted by Crippen LogP contribution is 2.52. The lowest BCUT2D eigenvalue weighted by atomic mass is 9.62. The maximum Gasteiger partial charge on any atom is 0.225 e. The van der Waals surface area contributed by atoms with E-state index in [-0.39, 0.29) is 5.92 Å². The molecule has 31 heavy (non-hydrogen) atoms. The molecule has 0 spiro atoms. The number of fused-ring (bicyclic) bond motifs is 1. The molecule has 4 nitrogen and oxygen atoms in total. The van der Waals surface area contributed by atoms with Crippen LogP contribution in [0.3, 0.4) is 0 Å². The fourth-order valence-electron chi connectivity index (χ4n) is 7.59. The summed E-state index contributed by atoms with van der Waals surface area (Å²) < 4.78 is 0. The molecule has 0 radical (unpaired) electrons. The van der Waals surface area contributed by atoms with Crippen molar-refractivity contribution in [1.82, 2.24) is 15.1 Å². The van der Waals surface area contributed by atoms with E-state index in [1.807, 2.05) is 0 Å². The highest BCUT2D eigenvalue weighted by atomic mass is 16.2. The van der Waals surface area contributed by atoms with Gasteiger partial charge in [-0.2, -0.15) is 0 Å². The van der Waals surface area contributed by atoms with E-state index in [2.05, 4.69) is 35.5 Å². The molecule has 2 heterocycles. The molecular weight excluding hydrogens is 382 g/mol. The standard InChI is InChI=1S/C27H45N3O/c1-19-17-23(6-8-24(19)21-7-9-25-22(18-21)5-4-12-28-25)26(31)30-15-13-29(14-16-30)20(2)27(3)10-11-27/h19,21-25,28H,2,4-18H2,1,3H3. The van der Waals surface area contributed by atoms with E-state index in [0.29, 0.717) is 17.2 Å². The number of piperidine rings is 1. The zero-order valence-corrected chi connectivity index (χ0v) is 20.1. The predicted molar refractivity (Wildman–Crippen MR) is 126 cm³/mol. The SMILES string of the molecule is C=C(N1CCN(C(=O)C2CCC(C3CCC4NCCCC4C3)C(C)C2)CC1)C1(C)CC1. The minimum atomic E-state index is 0.273. The van der Waals surface area contributed by atoms with Crippen molar-refractivity contribution in [3.05, 3.63) is 12.3 Å². The van der Waals surface area contributed by atoms with Gasteiger partial charge in [0.05, 0.1) is 0 Å². The predicted octanol–water partition coefficient (Wildman–Crippen LogP) is 4.67. The van der Waals surface area contributed by atoms with Gasteiger partial charge in [-0.15, -0.1) is 0 Å². The second-order valence-corrected chi connectivity index (χ2v) is 12.0. The zero-order valence-electron chi connectivity index (χ0n) is 20.1. The van der Waals surface area contributed by atoms with Crippen LogP contribution in [-0.4, -0.2) is 54.5 Å². The third-order valence-corrected chi connectivity index (χ3v) is 10.0. The van der Waals surface area contributed by atoms with Crippen LogP contribution in [0.15, 0.2) is 12.3 Å². The molecule has 3 saturated carbocycles. The van der Waals surface area contributed by atoms with Gasteiger partial charge in [-0.3, -0.25) is 4.79 Å². The van der Waals surface area contributed by atoms with Gasteiger partial charge in [0.2, 0.25) is 5.91 Å². The van der Waals surface area contributed by atoms with Crippen LogP contribution in [0.2, 0.25) is 0 Å². The minimum Gasteiger partial charge on any atom is -0.371 e. The lowest BCUT2D eigenvalue weighted by molar-refractivity contribution is -0.139. The van der Waals surface area contributed by atoms with Gasteiger partial charge in [-0.25, -0.2) is 0 Å². The van der Waals surface area contributed by atoms with Gasteiger partial charge in [0.1, 0.15) is 0 Å². The third-order valence-electron chi connectivity index (χ3n) is 10.0. The van der Waals surface area contributed by atoms with Crippen LogP contribution in [0.1, 0.15) is 78.1 Å². The highest BCUT2D eigenvalue weighted by Gasteiger charge is 2.44. The lowest BCUT2D eigenvalue weighted by Gasteiger charge is -2.46. The van der Waals surface area contributed by atoms with E-state index in [0.717, 1.165) is 62.8 Å². The van der Waals surface area contributed by atoms with Gasteiger partial charge in [0, 0.05) is 49.3 Å². The van der Waals surface area contributed by atoms with Crippen molar-refractivity contribution >= 4 is 5.91 Å². The Kier molecular flexibility index (Phi) is 6.13. The number of nitrogens with zero attached hydrogens (tertiary/aromatic N) is 2. The number of hydrogen-bond donors (Lipinski definition) is 1. The molecule has 174 valence electrons. The third kappa shape index (κ3) is 4.43. The van der Waals surface area contributed by atoms with Crippen LogP contribution in [0.5, 0.6) is 0 Å². The molecular formula is C27H45N3O. The summed E-state index contributed by atoms with van der Waals surface area (Å²) >= 11 is 0. The largest absolute Gasteiger partial charge is 0.371 e. The van der Waals surface area contributed by atoms with E-state index in [9.17, 15) is 4.79 Å². The van der Waals surface area contributed by atoms with Crippen LogP contribution in [-0.2, 0) is 4.79 Å². The monoisotopic (exact) mass is 427 g/mol. The number of hydrogen-bond acceptors (Lipinski definition) is 3. The van der Waals surface area contributed by atoms with Crippen LogP contribution in [0.4, 0.5) is 0 Å². The molecule has 2 aliphatic heterocycles. The molecule has 5 fully saturated rings. The number of nitrogens with one attached hydrogen (secondary N) is 1. The molecule has 1 amide bonds. The molecule has 5 rings (SSSR count). The Morgan fingerprint density at radius 2 is 1.68 bits per heavy atom. The summed E-state index contributed by atoms with van der Waals surface area (Å²) in [7, 11) is 0. The number of carbonyl (C=O) groups is 1. The minimum absolute atomic E-state index is 0.273. The van der Waals surface area contributed by atoms with Crippen molar-refractivity contribution < 1.29 is 4.79 Å². The maximum absolute atomic E-state index is 13.3. The van der Waals surface area contributed by atoms with Crippen molar-refractivity contribution in [2.45, 2.75) is 84.1 Å². The number of allylic oxidation sites excluding steroid dienone is 1. The first-order valence-corrected chi connectivity index (χ1v) is 13.4. The molecule has 3 aliphatic carbocycles. The molecule has 2 saturated heterocycles. The normalized spacial score (nSPS) is 40.2. The van der Waals surface area contributed by atoms with Gasteiger partial charge in [0.15, 0.2) is 0 Å². The smallest absolute Gasteiger partial charge is 0.225 e. The topological polar surface area (TPSA) is 35.6 Å². The summed E-state index contributed by atoms with van der Waals surface area (Å²) in [5.41, 5.74) is 1.67. The van der Waals surface area contributed by atoms with Crippen molar-refractivity contribution in [3.8, 4) is 0 Å². The summed E-state index contributed by atoms with van der Waals surface area (Å²) in [6.45, 7) is 14.1. The van der Waals surface area contributed by atoms with Crippen LogP contribution < -0.4 is 5.32 Å². The summed E-state index contributed by atoms with van der Waals surface area (Å²) in [5.74, 6) is 4.11. The van der Waals surface area contributed by atoms with E-state index in [4.69, 9.17) is 0 Å². The van der Waals surface area contributed by atoms with Gasteiger partial charge in [-0.1, -0.05) is 20.4 Å². The van der Waals surface area contributed by atoms with Crippen LogP contribution in [0, 0.1) is 35.0 Å². The molecule has 1 N–H and O–H groups in total. The Bertz CT molecular complexity index is 678. The number of amides is 1. The van der Waals surface area contributed by atoms with Crippen molar-refractivity contribution in [2.24, 2.45) is 35.0 Å². The summed E-state index contributed by atoms with van der Waals surface area (Å²) in [6, 6.07) is 0.801. The molecule has 6 atom stereocenters. The van der Waals surface area contributed by atoms with Crippen molar-refractivity contribution in [1.29, 1.82) is 0 Å². The van der Waals surface area contributed by atoms with Crippen molar-refractivity contribution in [2.75, 3.05) is 32.7 Å². The van der Waals surface area contributed by atoms with Gasteiger partial charge >= 0.3 is 0 Å². The Morgan fingerprint density at radius 1 is 0.935 bits per heavy atom. The first-order valence-electron chi connectivity index (χ1n) is 13.4. The molecule has 5 aliphatic rings. The Morgan fingerprint density at radius 3 is 2.39 bits per heavy atom. The van der Waals surface area contributed by atoms with Crippen molar-refractivity contribution in [3.63, 3.8) is 0 Å². The average Bonchev–Trinajstić information content (AvgIpc) is 3.56. The highest BCUT2D eigenvalue weighted by molar-refractivity contribution is 5.79. The summed E-state index contributed by atoms with van der Waals surface area (Å²) in [4.78, 5) is 18.0. The average molecular weight is 428 g/mol. The van der Waals surface area contributed by atoms with E-state index >= 15 is 0 Å². The fraction of sp³-hybridized carbons (Fsp3) is 0.889. The molecule has 0 aromatic carbocycles. The Hall–Kier alpha value is -1.03. The maximum atomic E-state index is 13.3. The second-order valence-electron chi connectivity index (χ2n) is 12.0. The van der Waals surface area contributed by atoms with Crippen LogP contribution in [0.25, 0.3) is 0 Å². The molecule has 0 aromatic heterocycles.